The maximum absolute atomic E-state index is 12.8. The van der Waals surface area contributed by atoms with Crippen LogP contribution in [0.5, 0.6) is 11.5 Å². The number of hydrogen-bond acceptors (Lipinski definition) is 6. The second kappa shape index (κ2) is 8.24. The molecule has 0 fully saturated rings. The molecule has 7 heteroatoms. The Bertz CT molecular complexity index is 808. The Morgan fingerprint density at radius 2 is 1.89 bits per heavy atom. The summed E-state index contributed by atoms with van der Waals surface area (Å²) in [4.78, 5) is 14.6. The highest BCUT2D eigenvalue weighted by atomic mass is 16.5. The van der Waals surface area contributed by atoms with Gasteiger partial charge in [0.15, 0.2) is 17.2 Å². The highest BCUT2D eigenvalue weighted by molar-refractivity contribution is 5.92. The van der Waals surface area contributed by atoms with Gasteiger partial charge in [0.05, 0.1) is 14.2 Å². The maximum Gasteiger partial charge on any atom is 0.274 e. The van der Waals surface area contributed by atoms with Crippen LogP contribution < -0.4 is 14.8 Å². The normalized spacial score (nSPS) is 14.3. The molecule has 1 N–H and O–H groups in total. The van der Waals surface area contributed by atoms with Crippen molar-refractivity contribution in [3.8, 4) is 11.5 Å². The third-order valence-corrected chi connectivity index (χ3v) is 4.90. The molecule has 1 amide bonds. The molecule has 0 saturated carbocycles. The molecule has 1 unspecified atom stereocenters. The largest absolute Gasteiger partial charge is 0.493 e. The number of anilines is 1. The first kappa shape index (κ1) is 18.9. The molecule has 7 nitrogen and oxygen atoms in total. The predicted octanol–water partition coefficient (Wildman–Crippen LogP) is 2.90. The molecule has 0 saturated heterocycles. The van der Waals surface area contributed by atoms with Crippen molar-refractivity contribution in [1.29, 1.82) is 0 Å². The summed E-state index contributed by atoms with van der Waals surface area (Å²) in [5, 5.41) is 11.5. The van der Waals surface area contributed by atoms with Crippen LogP contribution in [0.15, 0.2) is 24.3 Å². The van der Waals surface area contributed by atoms with Gasteiger partial charge >= 0.3 is 0 Å². The van der Waals surface area contributed by atoms with Crippen LogP contribution in [0, 0.1) is 0 Å². The molecule has 1 atom stereocenters. The van der Waals surface area contributed by atoms with E-state index in [9.17, 15) is 4.79 Å². The zero-order chi connectivity index (χ0) is 19.4. The van der Waals surface area contributed by atoms with E-state index in [-0.39, 0.29) is 5.91 Å². The molecule has 0 aliphatic carbocycles. The average molecular weight is 370 g/mol. The number of rotatable bonds is 6. The van der Waals surface area contributed by atoms with Gasteiger partial charge < -0.3 is 19.7 Å². The number of carbonyl (C=O) groups excluding carboxylic acids is 1. The fraction of sp³-hybridized carbons (Fsp3) is 0.450. The SMILES string of the molecule is CCC(C)Nc1ccc(C(=O)N2CCc3cc(OC)c(OC)cc3C2)nn1. The standard InChI is InChI=1S/C20H26N4O3/c1-5-13(2)21-19-7-6-16(22-23-19)20(25)24-9-8-14-10-17(26-3)18(27-4)11-15(14)12-24/h6-7,10-11,13H,5,8-9,12H2,1-4H3,(H,21,23). The van der Waals surface area contributed by atoms with Crippen LogP contribution in [0.2, 0.25) is 0 Å². The Kier molecular flexibility index (Phi) is 5.78. The Hall–Kier alpha value is -2.83. The molecule has 3 rings (SSSR count). The van der Waals surface area contributed by atoms with E-state index in [0.29, 0.717) is 42.1 Å². The lowest BCUT2D eigenvalue weighted by Crippen LogP contribution is -2.36. The molecule has 1 aliphatic heterocycles. The van der Waals surface area contributed by atoms with E-state index in [2.05, 4.69) is 29.4 Å². The molecular weight excluding hydrogens is 344 g/mol. The Labute approximate surface area is 159 Å². The van der Waals surface area contributed by atoms with Crippen LogP contribution >= 0.6 is 0 Å². The van der Waals surface area contributed by atoms with E-state index in [1.165, 1.54) is 5.56 Å². The summed E-state index contributed by atoms with van der Waals surface area (Å²) in [6.45, 7) is 5.33. The number of amides is 1. The number of hydrogen-bond donors (Lipinski definition) is 1. The summed E-state index contributed by atoms with van der Waals surface area (Å²) >= 11 is 0. The van der Waals surface area contributed by atoms with Crippen LogP contribution in [-0.2, 0) is 13.0 Å². The lowest BCUT2D eigenvalue weighted by atomic mass is 9.98. The van der Waals surface area contributed by atoms with Crippen molar-refractivity contribution in [2.75, 3.05) is 26.1 Å². The molecule has 1 aromatic carbocycles. The van der Waals surface area contributed by atoms with Gasteiger partial charge in [0.2, 0.25) is 0 Å². The zero-order valence-corrected chi connectivity index (χ0v) is 16.3. The quantitative estimate of drug-likeness (QED) is 0.843. The fourth-order valence-electron chi connectivity index (χ4n) is 3.10. The zero-order valence-electron chi connectivity index (χ0n) is 16.3. The summed E-state index contributed by atoms with van der Waals surface area (Å²) in [6.07, 6.45) is 1.76. The Morgan fingerprint density at radius 1 is 1.19 bits per heavy atom. The second-order valence-electron chi connectivity index (χ2n) is 6.71. The molecule has 0 bridgehead atoms. The number of carbonyl (C=O) groups is 1. The summed E-state index contributed by atoms with van der Waals surface area (Å²) in [7, 11) is 3.24. The number of fused-ring (bicyclic) bond motifs is 1. The maximum atomic E-state index is 12.8. The molecule has 27 heavy (non-hydrogen) atoms. The van der Waals surface area contributed by atoms with Crippen LogP contribution in [0.1, 0.15) is 41.9 Å². The molecular formula is C20H26N4O3. The van der Waals surface area contributed by atoms with E-state index < -0.39 is 0 Å². The lowest BCUT2D eigenvalue weighted by molar-refractivity contribution is 0.0727. The van der Waals surface area contributed by atoms with Gasteiger partial charge in [-0.3, -0.25) is 4.79 Å². The first-order valence-electron chi connectivity index (χ1n) is 9.19. The van der Waals surface area contributed by atoms with Crippen LogP contribution in [0.4, 0.5) is 5.82 Å². The predicted molar refractivity (Wildman–Crippen MR) is 103 cm³/mol. The number of methoxy groups -OCH3 is 2. The Balaban J connectivity index is 1.73. The number of aromatic nitrogens is 2. The minimum atomic E-state index is -0.113. The van der Waals surface area contributed by atoms with Crippen LogP contribution in [-0.4, -0.2) is 47.8 Å². The van der Waals surface area contributed by atoms with E-state index in [1.807, 2.05) is 12.1 Å². The van der Waals surface area contributed by atoms with Gasteiger partial charge in [-0.05, 0) is 55.2 Å². The highest BCUT2D eigenvalue weighted by Crippen LogP contribution is 2.33. The second-order valence-corrected chi connectivity index (χ2v) is 6.71. The van der Waals surface area contributed by atoms with Crippen molar-refractivity contribution < 1.29 is 14.3 Å². The summed E-state index contributed by atoms with van der Waals surface area (Å²) in [5.41, 5.74) is 2.60. The molecule has 1 aliphatic rings. The van der Waals surface area contributed by atoms with Crippen molar-refractivity contribution in [2.45, 2.75) is 39.3 Å². The van der Waals surface area contributed by atoms with E-state index >= 15 is 0 Å². The van der Waals surface area contributed by atoms with Gasteiger partial charge in [0, 0.05) is 19.1 Å². The average Bonchev–Trinajstić information content (AvgIpc) is 2.72. The molecule has 0 radical (unpaired) electrons. The monoisotopic (exact) mass is 370 g/mol. The number of benzene rings is 1. The highest BCUT2D eigenvalue weighted by Gasteiger charge is 2.24. The van der Waals surface area contributed by atoms with Gasteiger partial charge in [-0.2, -0.15) is 0 Å². The molecule has 2 heterocycles. The number of nitrogens with one attached hydrogen (secondary N) is 1. The molecule has 0 spiro atoms. The summed E-state index contributed by atoms with van der Waals surface area (Å²) in [5.74, 6) is 1.96. The number of nitrogens with zero attached hydrogens (tertiary/aromatic N) is 3. The van der Waals surface area contributed by atoms with E-state index in [0.717, 1.165) is 18.4 Å². The van der Waals surface area contributed by atoms with Gasteiger partial charge in [-0.1, -0.05) is 6.92 Å². The van der Waals surface area contributed by atoms with Crippen LogP contribution in [0.3, 0.4) is 0 Å². The summed E-state index contributed by atoms with van der Waals surface area (Å²) < 4.78 is 10.7. The molecule has 144 valence electrons. The minimum Gasteiger partial charge on any atom is -0.493 e. The minimum absolute atomic E-state index is 0.113. The van der Waals surface area contributed by atoms with Gasteiger partial charge in [0.1, 0.15) is 5.82 Å². The first-order valence-corrected chi connectivity index (χ1v) is 9.19. The third kappa shape index (κ3) is 4.13. The van der Waals surface area contributed by atoms with Gasteiger partial charge in [-0.25, -0.2) is 0 Å². The molecule has 1 aromatic heterocycles. The lowest BCUT2D eigenvalue weighted by Gasteiger charge is -2.29. The van der Waals surface area contributed by atoms with Crippen molar-refractivity contribution in [3.63, 3.8) is 0 Å². The number of ether oxygens (including phenoxy) is 2. The van der Waals surface area contributed by atoms with Crippen molar-refractivity contribution in [3.05, 3.63) is 41.1 Å². The van der Waals surface area contributed by atoms with Crippen molar-refractivity contribution in [1.82, 2.24) is 15.1 Å². The van der Waals surface area contributed by atoms with Crippen molar-refractivity contribution >= 4 is 11.7 Å². The Morgan fingerprint density at radius 3 is 2.48 bits per heavy atom. The third-order valence-electron chi connectivity index (χ3n) is 4.90. The van der Waals surface area contributed by atoms with E-state index in [4.69, 9.17) is 9.47 Å². The topological polar surface area (TPSA) is 76.6 Å². The first-order chi connectivity index (χ1) is 13.0. The smallest absolute Gasteiger partial charge is 0.274 e. The van der Waals surface area contributed by atoms with E-state index in [1.54, 1.807) is 31.3 Å². The summed E-state index contributed by atoms with van der Waals surface area (Å²) in [6, 6.07) is 7.78. The fourth-order valence-corrected chi connectivity index (χ4v) is 3.10. The van der Waals surface area contributed by atoms with Crippen molar-refractivity contribution in [2.24, 2.45) is 0 Å². The van der Waals surface area contributed by atoms with Gasteiger partial charge in [0.25, 0.3) is 5.91 Å². The van der Waals surface area contributed by atoms with Crippen LogP contribution in [0.25, 0.3) is 0 Å². The van der Waals surface area contributed by atoms with Gasteiger partial charge in [-0.15, -0.1) is 10.2 Å². The molecule has 2 aromatic rings.